The molecule has 1 aliphatic heterocycles. The summed E-state index contributed by atoms with van der Waals surface area (Å²) in [7, 11) is -2.06. The number of hydrogen-bond donors (Lipinski definition) is 2. The van der Waals surface area contributed by atoms with Gasteiger partial charge >= 0.3 is 0 Å². The summed E-state index contributed by atoms with van der Waals surface area (Å²) >= 11 is 0. The standard InChI is InChI=1S/C16H27N3O3S/c1-13-11-14(2)16(15(12-13)22-3)23(20,21)18-5-4-8-19-9-6-17-7-10-19/h11-12,17-18H,4-10H2,1-3H3. The Hall–Kier alpha value is -1.15. The molecule has 0 spiro atoms. The predicted octanol–water partition coefficient (Wildman–Crippen LogP) is 0.886. The Morgan fingerprint density at radius 3 is 2.61 bits per heavy atom. The highest BCUT2D eigenvalue weighted by atomic mass is 32.2. The molecule has 130 valence electrons. The normalized spacial score (nSPS) is 16.5. The fourth-order valence-electron chi connectivity index (χ4n) is 2.93. The summed E-state index contributed by atoms with van der Waals surface area (Å²) in [5.41, 5.74) is 1.69. The number of sulfonamides is 1. The van der Waals surface area contributed by atoms with E-state index in [4.69, 9.17) is 4.74 Å². The smallest absolute Gasteiger partial charge is 0.244 e. The second-order valence-corrected chi connectivity index (χ2v) is 7.66. The van der Waals surface area contributed by atoms with Gasteiger partial charge in [0.1, 0.15) is 10.6 Å². The molecule has 1 aromatic rings. The van der Waals surface area contributed by atoms with Gasteiger partial charge in [-0.3, -0.25) is 0 Å². The minimum absolute atomic E-state index is 0.243. The number of nitrogens with one attached hydrogen (secondary N) is 2. The van der Waals surface area contributed by atoms with E-state index in [9.17, 15) is 8.42 Å². The maximum Gasteiger partial charge on any atom is 0.244 e. The van der Waals surface area contributed by atoms with E-state index in [1.54, 1.807) is 13.0 Å². The molecular weight excluding hydrogens is 314 g/mol. The molecule has 0 aliphatic carbocycles. The number of aryl methyl sites for hydroxylation is 2. The quantitative estimate of drug-likeness (QED) is 0.721. The Bertz CT molecular complexity index is 626. The van der Waals surface area contributed by atoms with Crippen LogP contribution in [0.15, 0.2) is 17.0 Å². The second-order valence-electron chi connectivity index (χ2n) is 5.96. The molecule has 0 bridgehead atoms. The van der Waals surface area contributed by atoms with Crippen LogP contribution >= 0.6 is 0 Å². The minimum atomic E-state index is -3.56. The molecule has 6 nitrogen and oxygen atoms in total. The minimum Gasteiger partial charge on any atom is -0.495 e. The molecule has 7 heteroatoms. The van der Waals surface area contributed by atoms with E-state index in [2.05, 4.69) is 14.9 Å². The second kappa shape index (κ2) is 8.10. The lowest BCUT2D eigenvalue weighted by Crippen LogP contribution is -2.44. The van der Waals surface area contributed by atoms with E-state index in [1.807, 2.05) is 13.0 Å². The lowest BCUT2D eigenvalue weighted by atomic mass is 10.1. The summed E-state index contributed by atoms with van der Waals surface area (Å²) in [6, 6.07) is 3.61. The summed E-state index contributed by atoms with van der Waals surface area (Å²) < 4.78 is 33.1. The van der Waals surface area contributed by atoms with Gasteiger partial charge in [0.15, 0.2) is 0 Å². The number of piperazine rings is 1. The number of nitrogens with zero attached hydrogens (tertiary/aromatic N) is 1. The van der Waals surface area contributed by atoms with Gasteiger partial charge in [0.25, 0.3) is 0 Å². The van der Waals surface area contributed by atoms with Crippen molar-refractivity contribution in [1.29, 1.82) is 0 Å². The highest BCUT2D eigenvalue weighted by Crippen LogP contribution is 2.28. The summed E-state index contributed by atoms with van der Waals surface area (Å²) in [5.74, 6) is 0.400. The van der Waals surface area contributed by atoms with Crippen molar-refractivity contribution < 1.29 is 13.2 Å². The van der Waals surface area contributed by atoms with Gasteiger partial charge in [-0.2, -0.15) is 0 Å². The molecule has 1 aliphatic rings. The van der Waals surface area contributed by atoms with Crippen molar-refractivity contribution in [2.45, 2.75) is 25.2 Å². The zero-order chi connectivity index (χ0) is 16.9. The number of rotatable bonds is 7. The van der Waals surface area contributed by atoms with Gasteiger partial charge < -0.3 is 15.0 Å². The molecular formula is C16H27N3O3S. The fourth-order valence-corrected chi connectivity index (χ4v) is 4.37. The average molecular weight is 341 g/mol. The van der Waals surface area contributed by atoms with Crippen LogP contribution in [0.5, 0.6) is 5.75 Å². The lowest BCUT2D eigenvalue weighted by Gasteiger charge is -2.27. The van der Waals surface area contributed by atoms with E-state index >= 15 is 0 Å². The molecule has 1 aromatic carbocycles. The van der Waals surface area contributed by atoms with Crippen molar-refractivity contribution in [3.05, 3.63) is 23.3 Å². The monoisotopic (exact) mass is 341 g/mol. The van der Waals surface area contributed by atoms with Crippen molar-refractivity contribution in [3.8, 4) is 5.75 Å². The van der Waals surface area contributed by atoms with Crippen LogP contribution in [-0.2, 0) is 10.0 Å². The van der Waals surface area contributed by atoms with Gasteiger partial charge in [0.2, 0.25) is 10.0 Å². The third-order valence-corrected chi connectivity index (χ3v) is 5.67. The predicted molar refractivity (Wildman–Crippen MR) is 91.6 cm³/mol. The van der Waals surface area contributed by atoms with Crippen LogP contribution in [0.1, 0.15) is 17.5 Å². The van der Waals surface area contributed by atoms with Crippen LogP contribution in [0.25, 0.3) is 0 Å². The van der Waals surface area contributed by atoms with Crippen LogP contribution in [0.2, 0.25) is 0 Å². The maximum absolute atomic E-state index is 12.6. The first-order valence-electron chi connectivity index (χ1n) is 8.02. The molecule has 0 amide bonds. The first-order valence-corrected chi connectivity index (χ1v) is 9.50. The van der Waals surface area contributed by atoms with Crippen LogP contribution < -0.4 is 14.8 Å². The van der Waals surface area contributed by atoms with Gasteiger partial charge in [-0.05, 0) is 44.0 Å². The number of hydrogen-bond acceptors (Lipinski definition) is 5. The Morgan fingerprint density at radius 1 is 1.26 bits per heavy atom. The van der Waals surface area contributed by atoms with E-state index in [1.165, 1.54) is 7.11 Å². The summed E-state index contributed by atoms with van der Waals surface area (Å²) in [4.78, 5) is 2.59. The van der Waals surface area contributed by atoms with Crippen LogP contribution in [-0.4, -0.2) is 59.7 Å². The largest absolute Gasteiger partial charge is 0.495 e. The van der Waals surface area contributed by atoms with Gasteiger partial charge in [-0.15, -0.1) is 0 Å². The highest BCUT2D eigenvalue weighted by molar-refractivity contribution is 7.89. The molecule has 0 saturated carbocycles. The molecule has 0 unspecified atom stereocenters. The van der Waals surface area contributed by atoms with Crippen molar-refractivity contribution in [2.75, 3.05) is 46.4 Å². The Morgan fingerprint density at radius 2 is 1.96 bits per heavy atom. The first-order chi connectivity index (χ1) is 10.9. The van der Waals surface area contributed by atoms with Crippen molar-refractivity contribution >= 4 is 10.0 Å². The van der Waals surface area contributed by atoms with E-state index in [-0.39, 0.29) is 4.90 Å². The SMILES string of the molecule is COc1cc(C)cc(C)c1S(=O)(=O)NCCCN1CCNCC1. The molecule has 0 atom stereocenters. The molecule has 23 heavy (non-hydrogen) atoms. The van der Waals surface area contributed by atoms with E-state index < -0.39 is 10.0 Å². The first kappa shape index (κ1) is 18.2. The number of ether oxygens (including phenoxy) is 1. The highest BCUT2D eigenvalue weighted by Gasteiger charge is 2.22. The summed E-state index contributed by atoms with van der Waals surface area (Å²) in [6.45, 7) is 9.13. The van der Waals surface area contributed by atoms with Crippen LogP contribution in [0.3, 0.4) is 0 Å². The molecule has 1 heterocycles. The Labute approximate surface area is 139 Å². The molecule has 0 radical (unpaired) electrons. The van der Waals surface area contributed by atoms with Crippen molar-refractivity contribution in [1.82, 2.24) is 14.9 Å². The third kappa shape index (κ3) is 4.91. The van der Waals surface area contributed by atoms with Crippen LogP contribution in [0.4, 0.5) is 0 Å². The maximum atomic E-state index is 12.6. The summed E-state index contributed by atoms with van der Waals surface area (Å²) in [5, 5.41) is 3.31. The Balaban J connectivity index is 1.96. The molecule has 1 saturated heterocycles. The van der Waals surface area contributed by atoms with Gasteiger partial charge in [0.05, 0.1) is 7.11 Å². The fraction of sp³-hybridized carbons (Fsp3) is 0.625. The molecule has 0 aromatic heterocycles. The molecule has 2 N–H and O–H groups in total. The van der Waals surface area contributed by atoms with Crippen LogP contribution in [0, 0.1) is 13.8 Å². The summed E-state index contributed by atoms with van der Waals surface area (Å²) in [6.07, 6.45) is 0.798. The zero-order valence-electron chi connectivity index (χ0n) is 14.2. The Kier molecular flexibility index (Phi) is 6.41. The van der Waals surface area contributed by atoms with Crippen molar-refractivity contribution in [2.24, 2.45) is 0 Å². The topological polar surface area (TPSA) is 70.7 Å². The zero-order valence-corrected chi connectivity index (χ0v) is 15.0. The average Bonchev–Trinajstić information content (AvgIpc) is 2.51. The number of methoxy groups -OCH3 is 1. The molecule has 1 fully saturated rings. The number of benzene rings is 1. The van der Waals surface area contributed by atoms with Gasteiger partial charge in [0, 0.05) is 32.7 Å². The lowest BCUT2D eigenvalue weighted by molar-refractivity contribution is 0.239. The van der Waals surface area contributed by atoms with E-state index in [0.717, 1.165) is 44.7 Å². The third-order valence-electron chi connectivity index (χ3n) is 4.03. The van der Waals surface area contributed by atoms with E-state index in [0.29, 0.717) is 17.9 Å². The molecule has 2 rings (SSSR count). The van der Waals surface area contributed by atoms with Gasteiger partial charge in [-0.25, -0.2) is 13.1 Å². The van der Waals surface area contributed by atoms with Gasteiger partial charge in [-0.1, -0.05) is 6.07 Å². The van der Waals surface area contributed by atoms with Crippen molar-refractivity contribution in [3.63, 3.8) is 0 Å².